The van der Waals surface area contributed by atoms with E-state index in [4.69, 9.17) is 22.1 Å². The highest BCUT2D eigenvalue weighted by molar-refractivity contribution is 6.33. The largest absolute Gasteiger partial charge is 0.494 e. The molecule has 0 saturated heterocycles. The van der Waals surface area contributed by atoms with Gasteiger partial charge in [-0.3, -0.25) is 0 Å². The molecule has 2 aromatic carbocycles. The smallest absolute Gasteiger partial charge is 0.119 e. The minimum atomic E-state index is -0.00456. The van der Waals surface area contributed by atoms with Gasteiger partial charge in [-0.1, -0.05) is 42.8 Å². The van der Waals surface area contributed by atoms with Gasteiger partial charge in [0, 0.05) is 6.54 Å². The number of nitrogens with two attached hydrogens (primary N) is 1. The van der Waals surface area contributed by atoms with Crippen LogP contribution in [-0.4, -0.2) is 13.2 Å². The fourth-order valence-electron chi connectivity index (χ4n) is 2.09. The molecule has 0 saturated carbocycles. The zero-order valence-electron chi connectivity index (χ0n) is 12.2. The number of nitrogens with one attached hydrogen (secondary N) is 1. The molecule has 2 aromatic rings. The van der Waals surface area contributed by atoms with E-state index < -0.39 is 0 Å². The molecule has 1 atom stereocenters. The lowest BCUT2D eigenvalue weighted by atomic mass is 10.1. The van der Waals surface area contributed by atoms with E-state index in [-0.39, 0.29) is 6.04 Å². The van der Waals surface area contributed by atoms with Crippen molar-refractivity contribution in [1.29, 1.82) is 0 Å². The summed E-state index contributed by atoms with van der Waals surface area (Å²) in [6.07, 6.45) is 0.989. The van der Waals surface area contributed by atoms with Gasteiger partial charge >= 0.3 is 0 Å². The predicted octanol–water partition coefficient (Wildman–Crippen LogP) is 4.24. The minimum absolute atomic E-state index is 0.00456. The molecule has 21 heavy (non-hydrogen) atoms. The third-order valence-corrected chi connectivity index (χ3v) is 3.50. The van der Waals surface area contributed by atoms with E-state index in [1.165, 1.54) is 0 Å². The van der Waals surface area contributed by atoms with E-state index in [2.05, 4.69) is 12.2 Å². The highest BCUT2D eigenvalue weighted by Crippen LogP contribution is 2.27. The second kappa shape index (κ2) is 7.91. The third-order valence-electron chi connectivity index (χ3n) is 3.17. The van der Waals surface area contributed by atoms with Crippen LogP contribution in [0, 0.1) is 0 Å². The average molecular weight is 305 g/mol. The normalized spacial score (nSPS) is 12.0. The molecule has 0 fully saturated rings. The lowest BCUT2D eigenvalue weighted by Gasteiger charge is -2.20. The highest BCUT2D eigenvalue weighted by Gasteiger charge is 2.11. The number of rotatable bonds is 7. The molecular formula is C17H21ClN2O. The van der Waals surface area contributed by atoms with Gasteiger partial charge < -0.3 is 15.8 Å². The first-order valence-electron chi connectivity index (χ1n) is 7.18. The first-order valence-corrected chi connectivity index (χ1v) is 7.56. The molecular weight excluding hydrogens is 284 g/mol. The van der Waals surface area contributed by atoms with Crippen LogP contribution in [0.5, 0.6) is 5.75 Å². The van der Waals surface area contributed by atoms with Crippen molar-refractivity contribution >= 4 is 17.3 Å². The second-order valence-electron chi connectivity index (χ2n) is 4.83. The Balaban J connectivity index is 2.15. The second-order valence-corrected chi connectivity index (χ2v) is 5.24. The summed E-state index contributed by atoms with van der Waals surface area (Å²) in [5.74, 6) is 0.869. The first kappa shape index (κ1) is 15.7. The quantitative estimate of drug-likeness (QED) is 0.804. The van der Waals surface area contributed by atoms with E-state index in [9.17, 15) is 0 Å². The van der Waals surface area contributed by atoms with Gasteiger partial charge in [-0.15, -0.1) is 0 Å². The summed E-state index contributed by atoms with van der Waals surface area (Å²) in [7, 11) is 0. The summed E-state index contributed by atoms with van der Waals surface area (Å²) in [4.78, 5) is 0. The van der Waals surface area contributed by atoms with Gasteiger partial charge in [0.05, 0.1) is 23.4 Å². The number of hydrogen-bond acceptors (Lipinski definition) is 3. The van der Waals surface area contributed by atoms with Gasteiger partial charge in [-0.25, -0.2) is 0 Å². The molecule has 0 aliphatic carbocycles. The molecule has 0 aromatic heterocycles. The Morgan fingerprint density at radius 3 is 2.71 bits per heavy atom. The zero-order valence-corrected chi connectivity index (χ0v) is 12.9. The van der Waals surface area contributed by atoms with Crippen molar-refractivity contribution in [3.05, 3.63) is 59.1 Å². The Morgan fingerprint density at radius 2 is 2.00 bits per heavy atom. The minimum Gasteiger partial charge on any atom is -0.494 e. The van der Waals surface area contributed by atoms with Crippen LogP contribution in [0.3, 0.4) is 0 Å². The Bertz CT molecular complexity index is 574. The molecule has 0 radical (unpaired) electrons. The maximum Gasteiger partial charge on any atom is 0.119 e. The van der Waals surface area contributed by atoms with Crippen LogP contribution in [0.25, 0.3) is 0 Å². The zero-order chi connectivity index (χ0) is 15.1. The van der Waals surface area contributed by atoms with E-state index in [1.54, 1.807) is 0 Å². The summed E-state index contributed by atoms with van der Waals surface area (Å²) >= 11 is 6.18. The third kappa shape index (κ3) is 4.38. The molecule has 0 bridgehead atoms. The van der Waals surface area contributed by atoms with E-state index >= 15 is 0 Å². The molecule has 3 N–H and O–H groups in total. The maximum absolute atomic E-state index is 6.18. The van der Waals surface area contributed by atoms with Crippen LogP contribution in [0.15, 0.2) is 48.5 Å². The number of halogens is 1. The molecule has 0 amide bonds. The van der Waals surface area contributed by atoms with Crippen molar-refractivity contribution < 1.29 is 4.74 Å². The van der Waals surface area contributed by atoms with Crippen LogP contribution in [-0.2, 0) is 0 Å². The monoisotopic (exact) mass is 304 g/mol. The van der Waals surface area contributed by atoms with E-state index in [0.29, 0.717) is 18.2 Å². The van der Waals surface area contributed by atoms with Crippen LogP contribution < -0.4 is 15.8 Å². The predicted molar refractivity (Wildman–Crippen MR) is 89.1 cm³/mol. The first-order chi connectivity index (χ1) is 10.2. The molecule has 4 heteroatoms. The number of hydrogen-bond donors (Lipinski definition) is 2. The van der Waals surface area contributed by atoms with Crippen LogP contribution in [0.1, 0.15) is 24.9 Å². The van der Waals surface area contributed by atoms with Gasteiger partial charge in [0.1, 0.15) is 5.75 Å². The molecule has 112 valence electrons. The van der Waals surface area contributed by atoms with E-state index in [1.807, 2.05) is 48.5 Å². The molecule has 0 aliphatic rings. The number of anilines is 1. The summed E-state index contributed by atoms with van der Waals surface area (Å²) in [6.45, 7) is 3.28. The van der Waals surface area contributed by atoms with Crippen molar-refractivity contribution in [2.24, 2.45) is 5.73 Å². The van der Waals surface area contributed by atoms with Crippen molar-refractivity contribution in [1.82, 2.24) is 0 Å². The standard InChI is InChI=1S/C17H21ClN2O/c1-2-10-21-14-7-5-6-13(11-14)17(12-19)20-16-9-4-3-8-15(16)18/h3-9,11,17,20H,2,10,12,19H2,1H3. The summed E-state index contributed by atoms with van der Waals surface area (Å²) in [5, 5.41) is 4.07. The SMILES string of the molecule is CCCOc1cccc(C(CN)Nc2ccccc2Cl)c1. The topological polar surface area (TPSA) is 47.3 Å². The van der Waals surface area contributed by atoms with Crippen molar-refractivity contribution in [2.45, 2.75) is 19.4 Å². The fourth-order valence-corrected chi connectivity index (χ4v) is 2.28. The Morgan fingerprint density at radius 1 is 1.19 bits per heavy atom. The highest BCUT2D eigenvalue weighted by atomic mass is 35.5. The van der Waals surface area contributed by atoms with Crippen molar-refractivity contribution in [2.75, 3.05) is 18.5 Å². The van der Waals surface area contributed by atoms with Gasteiger partial charge in [0.2, 0.25) is 0 Å². The summed E-state index contributed by atoms with van der Waals surface area (Å²) < 4.78 is 5.67. The average Bonchev–Trinajstić information content (AvgIpc) is 2.52. The summed E-state index contributed by atoms with van der Waals surface area (Å²) in [5.41, 5.74) is 7.88. The summed E-state index contributed by atoms with van der Waals surface area (Å²) in [6, 6.07) is 15.7. The molecule has 2 rings (SSSR count). The number of benzene rings is 2. The number of ether oxygens (including phenoxy) is 1. The Labute approximate surface area is 131 Å². The molecule has 0 heterocycles. The van der Waals surface area contributed by atoms with Gasteiger partial charge in [0.25, 0.3) is 0 Å². The fraction of sp³-hybridized carbons (Fsp3) is 0.294. The molecule has 1 unspecified atom stereocenters. The maximum atomic E-state index is 6.18. The lowest BCUT2D eigenvalue weighted by molar-refractivity contribution is 0.317. The van der Waals surface area contributed by atoms with Gasteiger partial charge in [-0.05, 0) is 36.2 Å². The Kier molecular flexibility index (Phi) is 5.90. The van der Waals surface area contributed by atoms with Crippen LogP contribution in [0.2, 0.25) is 5.02 Å². The number of para-hydroxylation sites is 1. The van der Waals surface area contributed by atoms with Crippen molar-refractivity contribution in [3.63, 3.8) is 0 Å². The van der Waals surface area contributed by atoms with Crippen LogP contribution >= 0.6 is 11.6 Å². The molecule has 0 spiro atoms. The molecule has 0 aliphatic heterocycles. The van der Waals surface area contributed by atoms with Crippen molar-refractivity contribution in [3.8, 4) is 5.75 Å². The van der Waals surface area contributed by atoms with Gasteiger partial charge in [-0.2, -0.15) is 0 Å². The molecule has 3 nitrogen and oxygen atoms in total. The Hall–Kier alpha value is -1.71. The van der Waals surface area contributed by atoms with Gasteiger partial charge in [0.15, 0.2) is 0 Å². The van der Waals surface area contributed by atoms with E-state index in [0.717, 1.165) is 23.4 Å². The lowest BCUT2D eigenvalue weighted by Crippen LogP contribution is -2.20. The van der Waals surface area contributed by atoms with Crippen LogP contribution in [0.4, 0.5) is 5.69 Å².